The molecule has 2 aliphatic heterocycles. The van der Waals surface area contributed by atoms with Crippen molar-refractivity contribution in [1.82, 2.24) is 9.80 Å². The van der Waals surface area contributed by atoms with Crippen LogP contribution in [0.1, 0.15) is 36.8 Å². The van der Waals surface area contributed by atoms with Crippen LogP contribution in [0, 0.1) is 20.2 Å². The maximum Gasteiger partial charge on any atom is 0.283 e. The van der Waals surface area contributed by atoms with Crippen LogP contribution >= 0.6 is 11.8 Å². The van der Waals surface area contributed by atoms with E-state index >= 15 is 0 Å². The molecule has 13 heteroatoms. The fourth-order valence-electron chi connectivity index (χ4n) is 4.71. The average molecular weight is 583 g/mol. The first kappa shape index (κ1) is 29.9. The molecule has 2 aromatic carbocycles. The standard InChI is InChI=1S/C28H30N4O8S/c33-21-3-1-13-29(17-21)27(35)11-7-19-5-9-25(23(15-19)31(37)38)41-26-10-6-20(16-24(26)32(39)40)8-12-28(36)30-14-2-4-22(34)18-30/h5-12,15-16,21-22,33-34H,1-4,13-14,17-18H2/b11-7+,12-8+. The van der Waals surface area contributed by atoms with E-state index in [9.17, 15) is 40.0 Å². The fraction of sp³-hybridized carbons (Fsp3) is 0.357. The van der Waals surface area contributed by atoms with Crippen molar-refractivity contribution in [3.63, 3.8) is 0 Å². The fourth-order valence-corrected chi connectivity index (χ4v) is 5.69. The SMILES string of the molecule is O=C(/C=C/c1ccc(Sc2ccc(/C=C/C(=O)N3CCCC(O)C3)cc2[N+](=O)[O-])c([N+](=O)[O-])c1)N1CCCC(O)C1. The summed E-state index contributed by atoms with van der Waals surface area (Å²) in [6, 6.07) is 8.70. The molecule has 216 valence electrons. The van der Waals surface area contributed by atoms with Gasteiger partial charge in [0.25, 0.3) is 11.4 Å². The van der Waals surface area contributed by atoms with Gasteiger partial charge in [0.15, 0.2) is 0 Å². The average Bonchev–Trinajstić information content (AvgIpc) is 2.95. The highest BCUT2D eigenvalue weighted by molar-refractivity contribution is 7.99. The van der Waals surface area contributed by atoms with E-state index in [1.54, 1.807) is 12.1 Å². The van der Waals surface area contributed by atoms with Crippen molar-refractivity contribution in [2.45, 2.75) is 47.7 Å². The molecular weight excluding hydrogens is 552 g/mol. The summed E-state index contributed by atoms with van der Waals surface area (Å²) in [5.74, 6) is -0.602. The van der Waals surface area contributed by atoms with Crippen molar-refractivity contribution in [2.75, 3.05) is 26.2 Å². The second-order valence-electron chi connectivity index (χ2n) is 9.90. The lowest BCUT2D eigenvalue weighted by atomic mass is 10.1. The molecule has 12 nitrogen and oxygen atoms in total. The van der Waals surface area contributed by atoms with Gasteiger partial charge in [0.1, 0.15) is 0 Å². The van der Waals surface area contributed by atoms with E-state index in [4.69, 9.17) is 0 Å². The van der Waals surface area contributed by atoms with Crippen LogP contribution in [0.25, 0.3) is 12.2 Å². The number of amides is 2. The predicted molar refractivity (Wildman–Crippen MR) is 152 cm³/mol. The first-order valence-electron chi connectivity index (χ1n) is 13.2. The Bertz CT molecular complexity index is 1290. The number of likely N-dealkylation sites (tertiary alicyclic amines) is 2. The molecule has 2 heterocycles. The van der Waals surface area contributed by atoms with Crippen molar-refractivity contribution in [2.24, 2.45) is 0 Å². The van der Waals surface area contributed by atoms with Gasteiger partial charge in [-0.1, -0.05) is 23.9 Å². The normalized spacial score (nSPS) is 19.6. The van der Waals surface area contributed by atoms with Crippen molar-refractivity contribution < 1.29 is 29.6 Å². The highest BCUT2D eigenvalue weighted by atomic mass is 32.2. The van der Waals surface area contributed by atoms with Crippen LogP contribution in [0.3, 0.4) is 0 Å². The van der Waals surface area contributed by atoms with Crippen LogP contribution in [-0.2, 0) is 9.59 Å². The highest BCUT2D eigenvalue weighted by Gasteiger charge is 2.23. The highest BCUT2D eigenvalue weighted by Crippen LogP contribution is 2.40. The van der Waals surface area contributed by atoms with Crippen LogP contribution in [-0.4, -0.2) is 80.1 Å². The summed E-state index contributed by atoms with van der Waals surface area (Å²) in [6.07, 6.45) is 7.07. The second kappa shape index (κ2) is 13.5. The number of nitro groups is 2. The molecule has 0 aliphatic carbocycles. The number of β-amino-alcohol motifs (C(OH)–C–C–N with tert-alkyl or cyclic N) is 2. The maximum atomic E-state index is 12.4. The van der Waals surface area contributed by atoms with Gasteiger partial charge in [-0.05, 0) is 61.1 Å². The zero-order valence-corrected chi connectivity index (χ0v) is 22.9. The lowest BCUT2D eigenvalue weighted by Crippen LogP contribution is -2.41. The number of nitrogens with zero attached hydrogens (tertiary/aromatic N) is 4. The Morgan fingerprint density at radius 2 is 1.20 bits per heavy atom. The molecule has 0 aromatic heterocycles. The van der Waals surface area contributed by atoms with Crippen LogP contribution in [0.5, 0.6) is 0 Å². The summed E-state index contributed by atoms with van der Waals surface area (Å²) >= 11 is 0.872. The molecule has 0 bridgehead atoms. The molecule has 2 aliphatic rings. The Morgan fingerprint density at radius 1 is 0.780 bits per heavy atom. The van der Waals surface area contributed by atoms with E-state index < -0.39 is 22.1 Å². The number of benzene rings is 2. The number of piperidine rings is 2. The van der Waals surface area contributed by atoms with Gasteiger partial charge in [0, 0.05) is 50.5 Å². The summed E-state index contributed by atoms with van der Waals surface area (Å²) in [5.41, 5.74) is 0.275. The molecule has 2 N–H and O–H groups in total. The number of aliphatic hydroxyl groups is 2. The van der Waals surface area contributed by atoms with Gasteiger partial charge in [0.05, 0.1) is 31.8 Å². The van der Waals surface area contributed by atoms with E-state index in [1.807, 2.05) is 0 Å². The Morgan fingerprint density at radius 3 is 1.56 bits per heavy atom. The van der Waals surface area contributed by atoms with Crippen LogP contribution < -0.4 is 0 Å². The topological polar surface area (TPSA) is 167 Å². The zero-order chi connectivity index (χ0) is 29.5. The molecule has 2 unspecified atom stereocenters. The molecule has 2 atom stereocenters. The number of hydrogen-bond donors (Lipinski definition) is 2. The smallest absolute Gasteiger partial charge is 0.283 e. The molecule has 0 saturated carbocycles. The third-order valence-electron chi connectivity index (χ3n) is 6.83. The number of nitro benzene ring substituents is 2. The number of rotatable bonds is 8. The van der Waals surface area contributed by atoms with E-state index in [1.165, 1.54) is 58.4 Å². The molecular formula is C28H30N4O8S. The minimum Gasteiger partial charge on any atom is -0.391 e. The largest absolute Gasteiger partial charge is 0.391 e. The van der Waals surface area contributed by atoms with Gasteiger partial charge < -0.3 is 20.0 Å². The summed E-state index contributed by atoms with van der Waals surface area (Å²) < 4.78 is 0. The van der Waals surface area contributed by atoms with Crippen LogP contribution in [0.4, 0.5) is 11.4 Å². The summed E-state index contributed by atoms with van der Waals surface area (Å²) in [6.45, 7) is 1.54. The zero-order valence-electron chi connectivity index (χ0n) is 22.1. The Balaban J connectivity index is 1.50. The van der Waals surface area contributed by atoms with Gasteiger partial charge in [0.2, 0.25) is 11.8 Å². The van der Waals surface area contributed by atoms with Gasteiger partial charge in [-0.15, -0.1) is 0 Å². The van der Waals surface area contributed by atoms with E-state index in [-0.39, 0.29) is 46.1 Å². The van der Waals surface area contributed by atoms with E-state index in [2.05, 4.69) is 0 Å². The first-order valence-corrected chi connectivity index (χ1v) is 14.0. The van der Waals surface area contributed by atoms with Crippen LogP contribution in [0.2, 0.25) is 0 Å². The third kappa shape index (κ3) is 7.99. The van der Waals surface area contributed by atoms with Crippen molar-refractivity contribution in [3.05, 3.63) is 79.9 Å². The molecule has 2 fully saturated rings. The van der Waals surface area contributed by atoms with Crippen molar-refractivity contribution in [1.29, 1.82) is 0 Å². The minimum atomic E-state index is -0.589. The third-order valence-corrected chi connectivity index (χ3v) is 7.96. The number of aliphatic hydroxyl groups excluding tert-OH is 2. The Kier molecular flexibility index (Phi) is 9.86. The molecule has 41 heavy (non-hydrogen) atoms. The van der Waals surface area contributed by atoms with E-state index in [0.29, 0.717) is 49.9 Å². The molecule has 4 rings (SSSR count). The van der Waals surface area contributed by atoms with Gasteiger partial charge in [-0.3, -0.25) is 29.8 Å². The first-order chi connectivity index (χ1) is 19.6. The predicted octanol–water partition coefficient (Wildman–Crippen LogP) is 3.65. The monoisotopic (exact) mass is 582 g/mol. The second-order valence-corrected chi connectivity index (χ2v) is 11.0. The summed E-state index contributed by atoms with van der Waals surface area (Å²) in [7, 11) is 0. The van der Waals surface area contributed by atoms with Gasteiger partial charge in [-0.25, -0.2) is 0 Å². The quantitative estimate of drug-likeness (QED) is 0.268. The van der Waals surface area contributed by atoms with Crippen molar-refractivity contribution in [3.8, 4) is 0 Å². The lowest BCUT2D eigenvalue weighted by molar-refractivity contribution is -0.388. The van der Waals surface area contributed by atoms with Crippen LogP contribution in [0.15, 0.2) is 58.3 Å². The molecule has 2 saturated heterocycles. The van der Waals surface area contributed by atoms with Gasteiger partial charge in [-0.2, -0.15) is 0 Å². The van der Waals surface area contributed by atoms with Gasteiger partial charge >= 0.3 is 0 Å². The summed E-state index contributed by atoms with van der Waals surface area (Å²) in [5, 5.41) is 43.2. The maximum absolute atomic E-state index is 12.4. The number of hydrogen-bond acceptors (Lipinski definition) is 9. The molecule has 0 radical (unpaired) electrons. The van der Waals surface area contributed by atoms with Crippen molar-refractivity contribution >= 4 is 47.1 Å². The molecule has 2 aromatic rings. The Labute approximate surface area is 240 Å². The summed E-state index contributed by atoms with van der Waals surface area (Å²) in [4.78, 5) is 50.8. The molecule has 0 spiro atoms. The number of carbonyl (C=O) groups is 2. The molecule has 2 amide bonds. The van der Waals surface area contributed by atoms with E-state index in [0.717, 1.165) is 11.8 Å². The number of carbonyl (C=O) groups excluding carboxylic acids is 2. The lowest BCUT2D eigenvalue weighted by Gasteiger charge is -2.29. The Hall–Kier alpha value is -4.07. The minimum absolute atomic E-state index is 0.183.